The molecule has 386 valence electrons. The summed E-state index contributed by atoms with van der Waals surface area (Å²) in [6, 6.07) is 1.10. The van der Waals surface area contributed by atoms with Gasteiger partial charge in [0.2, 0.25) is 0 Å². The van der Waals surface area contributed by atoms with E-state index in [0.29, 0.717) is 36.7 Å². The number of nitrogens with one attached hydrogen (secondary N) is 1. The van der Waals surface area contributed by atoms with Gasteiger partial charge in [-0.15, -0.1) is 0 Å². The van der Waals surface area contributed by atoms with Gasteiger partial charge in [0.1, 0.15) is 19.3 Å². The molecule has 0 aromatic carbocycles. The number of hydrogen-bond acceptors (Lipinski definition) is 10. The Hall–Kier alpha value is -4.43. The van der Waals surface area contributed by atoms with E-state index in [4.69, 9.17) is 23.3 Å². The summed E-state index contributed by atoms with van der Waals surface area (Å²) < 4.78 is 42.9. The van der Waals surface area contributed by atoms with Crippen molar-refractivity contribution in [2.75, 3.05) is 40.9 Å². The normalized spacial score (nSPS) is 19.0. The Labute approximate surface area is 412 Å². The summed E-state index contributed by atoms with van der Waals surface area (Å²) in [6.45, 7) is 4.12. The Morgan fingerprint density at radius 2 is 1.07 bits per heavy atom. The van der Waals surface area contributed by atoms with Gasteiger partial charge in [-0.2, -0.15) is 0 Å². The zero-order valence-corrected chi connectivity index (χ0v) is 43.2. The molecule has 0 radical (unpaired) electrons. The highest BCUT2D eigenvalue weighted by Crippen LogP contribution is 2.45. The molecule has 2 N–H and O–H groups in total. The molecule has 1 aliphatic rings. The number of hydrogen-bond donors (Lipinski definition) is 2. The van der Waals surface area contributed by atoms with Gasteiger partial charge >= 0.3 is 25.5 Å². The van der Waals surface area contributed by atoms with Gasteiger partial charge in [-0.3, -0.25) is 33.0 Å². The summed E-state index contributed by atoms with van der Waals surface area (Å²) in [4.78, 5) is 64.6. The fourth-order valence-corrected chi connectivity index (χ4v) is 7.59. The number of H-pyrrole nitrogens is 1. The van der Waals surface area contributed by atoms with E-state index in [9.17, 15) is 28.6 Å². The van der Waals surface area contributed by atoms with Gasteiger partial charge in [-0.1, -0.05) is 137 Å². The summed E-state index contributed by atoms with van der Waals surface area (Å²) in [6.07, 6.45) is 46.8. The third kappa shape index (κ3) is 30.7. The van der Waals surface area contributed by atoms with Crippen molar-refractivity contribution in [2.24, 2.45) is 0 Å². The number of phosphoric ester groups is 1. The van der Waals surface area contributed by atoms with Crippen molar-refractivity contribution in [2.45, 2.75) is 167 Å². The van der Waals surface area contributed by atoms with E-state index in [2.05, 4.69) is 91.7 Å². The smallest absolute Gasteiger partial charge is 0.455 e. The molecule has 0 spiro atoms. The van der Waals surface area contributed by atoms with Crippen LogP contribution in [0, 0.1) is 0 Å². The van der Waals surface area contributed by atoms with Crippen molar-refractivity contribution in [1.82, 2.24) is 9.55 Å². The van der Waals surface area contributed by atoms with Crippen LogP contribution in [0.15, 0.2) is 119 Å². The number of ether oxygens (including phenoxy) is 3. The molecule has 1 aromatic heterocycles. The summed E-state index contributed by atoms with van der Waals surface area (Å²) in [5.74, 6) is -1.27. The number of quaternary nitrogens is 1. The van der Waals surface area contributed by atoms with Crippen LogP contribution in [0.2, 0.25) is 0 Å². The van der Waals surface area contributed by atoms with E-state index in [0.717, 1.165) is 62.0 Å². The maximum atomic E-state index is 13.4. The van der Waals surface area contributed by atoms with Crippen LogP contribution in [-0.4, -0.2) is 90.1 Å². The second-order valence-electron chi connectivity index (χ2n) is 18.1. The van der Waals surface area contributed by atoms with Crippen LogP contribution in [0.5, 0.6) is 0 Å². The van der Waals surface area contributed by atoms with Gasteiger partial charge in [0.05, 0.1) is 27.7 Å². The molecular weight excluding hydrogens is 898 g/mol. The molecule has 1 unspecified atom stereocenters. The molecule has 5 atom stereocenters. The largest absolute Gasteiger partial charge is 0.472 e. The Morgan fingerprint density at radius 3 is 1.49 bits per heavy atom. The van der Waals surface area contributed by atoms with Gasteiger partial charge < -0.3 is 23.6 Å². The zero-order valence-electron chi connectivity index (χ0n) is 42.3. The van der Waals surface area contributed by atoms with Crippen LogP contribution >= 0.6 is 7.82 Å². The van der Waals surface area contributed by atoms with Gasteiger partial charge in [-0.25, -0.2) is 9.36 Å². The Balaban J connectivity index is 2.05. The quantitative estimate of drug-likeness (QED) is 0.0212. The van der Waals surface area contributed by atoms with E-state index < -0.39 is 62.2 Å². The minimum absolute atomic E-state index is 0.00461. The number of likely N-dealkylation sites (N-methyl/N-ethyl adjacent to an activating group) is 1. The van der Waals surface area contributed by atoms with E-state index in [1.165, 1.54) is 44.7 Å². The first kappa shape index (κ1) is 60.7. The standard InChI is InChI=1S/C54H84N3O11P/c1-6-8-10-12-14-16-18-20-22-24-26-28-30-32-34-36-38-40-49(59)67-51-47(46-65-69(62,63)64-45-44-57(3,4)5)66-53(56-43-42-48(58)55-54(56)61)52(51)68-50(60)41-39-37-35-33-31-29-27-25-23-21-19-17-15-13-11-9-7-2/h14-17,20-23,26-29,32-35,42-43,47,51-53H,6-13,18-19,24-25,30-31,36-41,44-46H2,1-5H3,(H-,55,58,61,62,63)/p+1/b16-14-,17-15-,22-20-,23-21-,28-26-,29-27-,34-32-,35-33-/t47-,51-,52-,53-/m1/s1. The number of unbranched alkanes of at least 4 members (excludes halogenated alkanes) is 8. The molecule has 0 amide bonds. The van der Waals surface area contributed by atoms with Crippen LogP contribution in [0.3, 0.4) is 0 Å². The van der Waals surface area contributed by atoms with Crippen LogP contribution in [0.1, 0.15) is 148 Å². The van der Waals surface area contributed by atoms with E-state index in [1.54, 1.807) is 0 Å². The number of phosphoric acid groups is 1. The van der Waals surface area contributed by atoms with Crippen molar-refractivity contribution in [1.29, 1.82) is 0 Å². The lowest BCUT2D eigenvalue weighted by molar-refractivity contribution is -0.870. The number of allylic oxidation sites excluding steroid dienone is 16. The second-order valence-corrected chi connectivity index (χ2v) is 19.5. The highest BCUT2D eigenvalue weighted by molar-refractivity contribution is 7.47. The molecule has 1 saturated heterocycles. The molecule has 1 aliphatic heterocycles. The molecule has 69 heavy (non-hydrogen) atoms. The lowest BCUT2D eigenvalue weighted by Crippen LogP contribution is -2.42. The molecule has 1 fully saturated rings. The molecule has 1 aromatic rings. The third-order valence-electron chi connectivity index (χ3n) is 10.8. The average molecular weight is 983 g/mol. The fourth-order valence-electron chi connectivity index (χ4n) is 6.87. The Bertz CT molecular complexity index is 1990. The fraction of sp³-hybridized carbons (Fsp3) is 0.593. The molecular formula is C54H85N3O11P+. The maximum absolute atomic E-state index is 13.4. The third-order valence-corrected chi connectivity index (χ3v) is 11.8. The summed E-state index contributed by atoms with van der Waals surface area (Å²) in [7, 11) is 1.07. The van der Waals surface area contributed by atoms with Crippen LogP contribution in [0.4, 0.5) is 0 Å². The summed E-state index contributed by atoms with van der Waals surface area (Å²) in [5.41, 5.74) is -1.53. The molecule has 14 nitrogen and oxygen atoms in total. The molecule has 2 rings (SSSR count). The van der Waals surface area contributed by atoms with Crippen molar-refractivity contribution < 1.29 is 46.8 Å². The average Bonchev–Trinajstić information content (AvgIpc) is 3.62. The molecule has 0 aliphatic carbocycles. The van der Waals surface area contributed by atoms with Crippen molar-refractivity contribution in [3.8, 4) is 0 Å². The molecule has 0 bridgehead atoms. The van der Waals surface area contributed by atoms with Gasteiger partial charge in [0.15, 0.2) is 18.4 Å². The van der Waals surface area contributed by atoms with E-state index in [1.807, 2.05) is 45.4 Å². The minimum atomic E-state index is -4.63. The molecule has 0 saturated carbocycles. The number of carbonyl (C=O) groups is 2. The summed E-state index contributed by atoms with van der Waals surface area (Å²) >= 11 is 0. The van der Waals surface area contributed by atoms with Crippen molar-refractivity contribution in [3.05, 3.63) is 130 Å². The van der Waals surface area contributed by atoms with Gasteiger partial charge in [0.25, 0.3) is 5.56 Å². The first-order valence-electron chi connectivity index (χ1n) is 25.2. The number of esters is 2. The number of aromatic nitrogens is 2. The van der Waals surface area contributed by atoms with Crippen LogP contribution < -0.4 is 11.2 Å². The van der Waals surface area contributed by atoms with Crippen molar-refractivity contribution in [3.63, 3.8) is 0 Å². The monoisotopic (exact) mass is 983 g/mol. The Morgan fingerprint density at radius 1 is 0.652 bits per heavy atom. The topological polar surface area (TPSA) is 172 Å². The van der Waals surface area contributed by atoms with Crippen molar-refractivity contribution >= 4 is 19.8 Å². The first-order valence-corrected chi connectivity index (χ1v) is 26.7. The number of rotatable bonds is 38. The zero-order chi connectivity index (χ0) is 50.4. The summed E-state index contributed by atoms with van der Waals surface area (Å²) in [5, 5.41) is 0. The SMILES string of the molecule is CCCCC/C=C\C/C=C\C/C=C\C/C=C\CCCC(=O)O[C@@H]1[C@H](OC(=O)CCC/C=C\C/C=C\C/C=C\C/C=C\CCCCC)[C@@H](COP(=O)(O)OCC[N+](C)(C)C)O[C@H]1n1ccc(=O)[nH]c1=O. The van der Waals surface area contributed by atoms with Crippen LogP contribution in [0.25, 0.3) is 0 Å². The lowest BCUT2D eigenvalue weighted by Gasteiger charge is -2.25. The predicted octanol–water partition coefficient (Wildman–Crippen LogP) is 11.4. The predicted molar refractivity (Wildman–Crippen MR) is 276 cm³/mol. The first-order chi connectivity index (χ1) is 33.3. The molecule has 2 heterocycles. The maximum Gasteiger partial charge on any atom is 0.472 e. The highest BCUT2D eigenvalue weighted by atomic mass is 31.2. The highest BCUT2D eigenvalue weighted by Gasteiger charge is 2.51. The Kier molecular flexibility index (Phi) is 32.9. The number of aromatic amines is 1. The van der Waals surface area contributed by atoms with Crippen LogP contribution in [-0.2, 0) is 37.4 Å². The van der Waals surface area contributed by atoms with E-state index >= 15 is 0 Å². The van der Waals surface area contributed by atoms with Gasteiger partial charge in [-0.05, 0) is 89.9 Å². The van der Waals surface area contributed by atoms with E-state index in [-0.39, 0.29) is 19.4 Å². The molecule has 15 heteroatoms. The lowest BCUT2D eigenvalue weighted by atomic mass is 10.1. The second kappa shape index (κ2) is 37.4. The number of carbonyl (C=O) groups excluding carboxylic acids is 2. The number of nitrogens with zero attached hydrogens (tertiary/aromatic N) is 2. The van der Waals surface area contributed by atoms with Gasteiger partial charge in [0, 0.05) is 25.1 Å². The minimum Gasteiger partial charge on any atom is -0.455 e.